The van der Waals surface area contributed by atoms with Crippen LogP contribution in [0.1, 0.15) is 22.8 Å². The second-order valence-electron chi connectivity index (χ2n) is 4.61. The largest absolute Gasteiger partial charge is 0.496 e. The molecule has 2 rings (SSSR count). The van der Waals surface area contributed by atoms with Crippen LogP contribution in [0.3, 0.4) is 0 Å². The van der Waals surface area contributed by atoms with Gasteiger partial charge in [0.05, 0.1) is 16.4 Å². The lowest BCUT2D eigenvalue weighted by Crippen LogP contribution is -2.19. The SMILES string of the molecule is COc1ccc(C(=O)N/N=C(\C)c2cccc(N)c2)cc1I. The van der Waals surface area contributed by atoms with Gasteiger partial charge in [0.1, 0.15) is 5.75 Å². The summed E-state index contributed by atoms with van der Waals surface area (Å²) in [5.41, 5.74) is 11.0. The van der Waals surface area contributed by atoms with Crippen molar-refractivity contribution in [1.29, 1.82) is 0 Å². The van der Waals surface area contributed by atoms with Crippen molar-refractivity contribution >= 4 is 39.9 Å². The molecule has 0 aliphatic carbocycles. The molecule has 0 aromatic heterocycles. The van der Waals surface area contributed by atoms with Crippen LogP contribution in [0.5, 0.6) is 5.75 Å². The molecule has 0 aliphatic heterocycles. The van der Waals surface area contributed by atoms with Gasteiger partial charge in [0.2, 0.25) is 0 Å². The third-order valence-corrected chi connectivity index (χ3v) is 3.89. The van der Waals surface area contributed by atoms with Crippen molar-refractivity contribution in [2.24, 2.45) is 5.10 Å². The number of methoxy groups -OCH3 is 1. The summed E-state index contributed by atoms with van der Waals surface area (Å²) in [4.78, 5) is 12.1. The van der Waals surface area contributed by atoms with Crippen LogP contribution in [0.25, 0.3) is 0 Å². The fourth-order valence-electron chi connectivity index (χ4n) is 1.84. The van der Waals surface area contributed by atoms with Crippen LogP contribution in [0.15, 0.2) is 47.6 Å². The van der Waals surface area contributed by atoms with Crippen molar-refractivity contribution in [3.8, 4) is 5.75 Å². The van der Waals surface area contributed by atoms with Crippen LogP contribution in [0.4, 0.5) is 5.69 Å². The van der Waals surface area contributed by atoms with E-state index in [9.17, 15) is 4.79 Å². The van der Waals surface area contributed by atoms with E-state index >= 15 is 0 Å². The Kier molecular flexibility index (Phi) is 5.37. The minimum atomic E-state index is -0.274. The number of rotatable bonds is 4. The highest BCUT2D eigenvalue weighted by Crippen LogP contribution is 2.21. The van der Waals surface area contributed by atoms with E-state index in [1.54, 1.807) is 37.4 Å². The Morgan fingerprint density at radius 3 is 2.64 bits per heavy atom. The van der Waals surface area contributed by atoms with Gasteiger partial charge < -0.3 is 10.5 Å². The van der Waals surface area contributed by atoms with E-state index in [0.29, 0.717) is 17.0 Å². The van der Waals surface area contributed by atoms with Crippen LogP contribution in [0.2, 0.25) is 0 Å². The molecule has 0 fully saturated rings. The predicted molar refractivity (Wildman–Crippen MR) is 96.2 cm³/mol. The molecule has 0 aliphatic rings. The number of anilines is 1. The van der Waals surface area contributed by atoms with Crippen molar-refractivity contribution in [3.63, 3.8) is 0 Å². The lowest BCUT2D eigenvalue weighted by Gasteiger charge is -2.06. The number of halogens is 1. The van der Waals surface area contributed by atoms with Crippen molar-refractivity contribution in [2.45, 2.75) is 6.92 Å². The number of hydrogen-bond donors (Lipinski definition) is 2. The van der Waals surface area contributed by atoms with Gasteiger partial charge in [-0.05, 0) is 65.4 Å². The van der Waals surface area contributed by atoms with Crippen molar-refractivity contribution in [3.05, 3.63) is 57.2 Å². The maximum atomic E-state index is 12.1. The lowest BCUT2D eigenvalue weighted by molar-refractivity contribution is 0.0954. The molecule has 0 saturated carbocycles. The summed E-state index contributed by atoms with van der Waals surface area (Å²) in [5.74, 6) is 0.459. The number of nitrogens with two attached hydrogens (primary N) is 1. The molecule has 22 heavy (non-hydrogen) atoms. The number of carbonyl (C=O) groups is 1. The summed E-state index contributed by atoms with van der Waals surface area (Å²) in [6.45, 7) is 1.81. The van der Waals surface area contributed by atoms with Gasteiger partial charge in [0, 0.05) is 11.3 Å². The predicted octanol–water partition coefficient (Wildman–Crippen LogP) is 3.04. The van der Waals surface area contributed by atoms with Gasteiger partial charge in [-0.3, -0.25) is 4.79 Å². The first-order valence-corrected chi connectivity index (χ1v) is 7.63. The quantitative estimate of drug-likeness (QED) is 0.353. The highest BCUT2D eigenvalue weighted by molar-refractivity contribution is 14.1. The number of hydrogen-bond acceptors (Lipinski definition) is 4. The molecule has 0 bridgehead atoms. The van der Waals surface area contributed by atoms with E-state index in [0.717, 1.165) is 14.9 Å². The molecule has 2 aromatic carbocycles. The van der Waals surface area contributed by atoms with Gasteiger partial charge in [-0.1, -0.05) is 12.1 Å². The van der Waals surface area contributed by atoms with E-state index in [-0.39, 0.29) is 5.91 Å². The molecule has 1 amide bonds. The third-order valence-electron chi connectivity index (χ3n) is 3.04. The molecule has 0 saturated heterocycles. The van der Waals surface area contributed by atoms with Gasteiger partial charge in [0.15, 0.2) is 0 Å². The summed E-state index contributed by atoms with van der Waals surface area (Å²) in [6, 6.07) is 12.5. The van der Waals surface area contributed by atoms with Crippen LogP contribution >= 0.6 is 22.6 Å². The molecule has 0 radical (unpaired) electrons. The van der Waals surface area contributed by atoms with Crippen molar-refractivity contribution in [2.75, 3.05) is 12.8 Å². The Balaban J connectivity index is 2.12. The number of nitrogens with zero attached hydrogens (tertiary/aromatic N) is 1. The van der Waals surface area contributed by atoms with Gasteiger partial charge in [0.25, 0.3) is 5.91 Å². The normalized spacial score (nSPS) is 11.1. The zero-order valence-corrected chi connectivity index (χ0v) is 14.4. The zero-order chi connectivity index (χ0) is 16.1. The second kappa shape index (κ2) is 7.26. The Morgan fingerprint density at radius 1 is 1.23 bits per heavy atom. The molecule has 2 aromatic rings. The molecule has 0 heterocycles. The van der Waals surface area contributed by atoms with Crippen LogP contribution in [-0.4, -0.2) is 18.7 Å². The van der Waals surface area contributed by atoms with Crippen molar-refractivity contribution in [1.82, 2.24) is 5.43 Å². The van der Waals surface area contributed by atoms with E-state index < -0.39 is 0 Å². The first-order valence-electron chi connectivity index (χ1n) is 6.55. The molecule has 0 spiro atoms. The number of nitrogen functional groups attached to an aromatic ring is 1. The smallest absolute Gasteiger partial charge is 0.271 e. The van der Waals surface area contributed by atoms with Crippen LogP contribution in [0, 0.1) is 3.57 Å². The Labute approximate surface area is 142 Å². The monoisotopic (exact) mass is 409 g/mol. The number of amides is 1. The summed E-state index contributed by atoms with van der Waals surface area (Å²) >= 11 is 2.12. The molecule has 0 atom stereocenters. The number of ether oxygens (including phenoxy) is 1. The third kappa shape index (κ3) is 3.97. The standard InChI is InChI=1S/C16H16IN3O2/c1-10(11-4-3-5-13(18)8-11)19-20-16(21)12-6-7-15(22-2)14(17)9-12/h3-9H,18H2,1-2H3,(H,20,21)/b19-10+. The molecule has 114 valence electrons. The maximum absolute atomic E-state index is 12.1. The molecule has 5 nitrogen and oxygen atoms in total. The topological polar surface area (TPSA) is 76.7 Å². The first kappa shape index (κ1) is 16.3. The fourth-order valence-corrected chi connectivity index (χ4v) is 2.57. The van der Waals surface area contributed by atoms with E-state index in [4.69, 9.17) is 10.5 Å². The number of nitrogens with one attached hydrogen (secondary N) is 1. The average Bonchev–Trinajstić information content (AvgIpc) is 2.52. The van der Waals surface area contributed by atoms with E-state index in [2.05, 4.69) is 33.1 Å². The average molecular weight is 409 g/mol. The van der Waals surface area contributed by atoms with Crippen LogP contribution < -0.4 is 15.9 Å². The minimum absolute atomic E-state index is 0.274. The zero-order valence-electron chi connectivity index (χ0n) is 12.3. The van der Waals surface area contributed by atoms with Gasteiger partial charge >= 0.3 is 0 Å². The molecule has 6 heteroatoms. The maximum Gasteiger partial charge on any atom is 0.271 e. The van der Waals surface area contributed by atoms with Crippen molar-refractivity contribution < 1.29 is 9.53 Å². The van der Waals surface area contributed by atoms with E-state index in [1.807, 2.05) is 19.1 Å². The molecular weight excluding hydrogens is 393 g/mol. The van der Waals surface area contributed by atoms with E-state index in [1.165, 1.54) is 0 Å². The summed E-state index contributed by atoms with van der Waals surface area (Å²) < 4.78 is 6.03. The number of hydrazone groups is 1. The fraction of sp³-hybridized carbons (Fsp3) is 0.125. The molecular formula is C16H16IN3O2. The summed E-state index contributed by atoms with van der Waals surface area (Å²) in [6.07, 6.45) is 0. The highest BCUT2D eigenvalue weighted by Gasteiger charge is 2.08. The summed E-state index contributed by atoms with van der Waals surface area (Å²) in [5, 5.41) is 4.11. The van der Waals surface area contributed by atoms with Crippen LogP contribution in [-0.2, 0) is 0 Å². The molecule has 3 N–H and O–H groups in total. The second-order valence-corrected chi connectivity index (χ2v) is 5.78. The Hall–Kier alpha value is -2.09. The molecule has 0 unspecified atom stereocenters. The van der Waals surface area contributed by atoms with Gasteiger partial charge in [-0.2, -0.15) is 5.10 Å². The highest BCUT2D eigenvalue weighted by atomic mass is 127. The summed E-state index contributed by atoms with van der Waals surface area (Å²) in [7, 11) is 1.59. The number of benzene rings is 2. The van der Waals surface area contributed by atoms with Gasteiger partial charge in [-0.25, -0.2) is 5.43 Å². The Morgan fingerprint density at radius 2 is 2.00 bits per heavy atom. The first-order chi connectivity index (χ1) is 10.5. The minimum Gasteiger partial charge on any atom is -0.496 e. The van der Waals surface area contributed by atoms with Gasteiger partial charge in [-0.15, -0.1) is 0 Å². The number of carbonyl (C=O) groups excluding carboxylic acids is 1. The Bertz CT molecular complexity index is 729. The lowest BCUT2D eigenvalue weighted by atomic mass is 10.1.